The van der Waals surface area contributed by atoms with Crippen molar-refractivity contribution in [1.82, 2.24) is 14.7 Å². The highest BCUT2D eigenvalue weighted by Gasteiger charge is 2.40. The molecule has 0 spiro atoms. The molecule has 43 heavy (non-hydrogen) atoms. The summed E-state index contributed by atoms with van der Waals surface area (Å²) < 4.78 is 39.2. The Morgan fingerprint density at radius 2 is 1.91 bits per heavy atom. The Bertz CT molecular complexity index is 1390. The van der Waals surface area contributed by atoms with E-state index in [-0.39, 0.29) is 41.3 Å². The highest BCUT2D eigenvalue weighted by Crippen LogP contribution is 2.20. The van der Waals surface area contributed by atoms with E-state index in [1.54, 1.807) is 24.3 Å². The zero-order chi connectivity index (χ0) is 31.6. The van der Waals surface area contributed by atoms with Crippen LogP contribution in [0.4, 0.5) is 24.1 Å². The van der Waals surface area contributed by atoms with E-state index < -0.39 is 23.3 Å². The number of carbonyl (C=O) groups excluding carboxylic acids is 2. The molecule has 2 heterocycles. The van der Waals surface area contributed by atoms with Crippen molar-refractivity contribution >= 4 is 17.9 Å². The van der Waals surface area contributed by atoms with Gasteiger partial charge in [0.25, 0.3) is 0 Å². The summed E-state index contributed by atoms with van der Waals surface area (Å²) in [6.45, 7) is 10.3. The first kappa shape index (κ1) is 33.6. The van der Waals surface area contributed by atoms with Crippen LogP contribution in [0.2, 0.25) is 0 Å². The van der Waals surface area contributed by atoms with Crippen LogP contribution >= 0.6 is 0 Å². The van der Waals surface area contributed by atoms with E-state index in [0.717, 1.165) is 31.1 Å². The van der Waals surface area contributed by atoms with Gasteiger partial charge in [-0.05, 0) is 51.0 Å². The van der Waals surface area contributed by atoms with E-state index in [0.29, 0.717) is 38.4 Å². The Morgan fingerprint density at radius 1 is 1.19 bits per heavy atom. The molecule has 12 heteroatoms. The third-order valence-corrected chi connectivity index (χ3v) is 7.40. The Hall–Kier alpha value is -3.90. The number of halogens is 2. The SMILES string of the molecule is CCC(C)(C)OC(=O)[N+]1(C)CCN(CCOC(=O)Nc2cccc(Cc3nn(CC=C(F)C=C(C)F)ccc3=O)c2)CC1. The Kier molecular flexibility index (Phi) is 11.7. The summed E-state index contributed by atoms with van der Waals surface area (Å²) in [5.41, 5.74) is 0.693. The molecule has 0 atom stereocenters. The molecular weight excluding hydrogens is 560 g/mol. The summed E-state index contributed by atoms with van der Waals surface area (Å²) in [5.74, 6) is -1.39. The molecule has 1 aliphatic heterocycles. The number of hydrogen-bond acceptors (Lipinski definition) is 7. The van der Waals surface area contributed by atoms with E-state index in [1.165, 1.54) is 16.9 Å². The molecule has 3 rings (SSSR count). The molecule has 0 bridgehead atoms. The van der Waals surface area contributed by atoms with Crippen LogP contribution in [0.5, 0.6) is 0 Å². The topological polar surface area (TPSA) is 103 Å². The van der Waals surface area contributed by atoms with Crippen molar-refractivity contribution < 1.29 is 32.3 Å². The molecule has 1 fully saturated rings. The lowest BCUT2D eigenvalue weighted by Gasteiger charge is -2.40. The van der Waals surface area contributed by atoms with Crippen LogP contribution in [0.1, 0.15) is 45.4 Å². The number of aromatic nitrogens is 2. The molecule has 2 aromatic rings. The minimum absolute atomic E-state index is 0.0239. The number of ether oxygens (including phenoxy) is 2. The van der Waals surface area contributed by atoms with Gasteiger partial charge in [0.15, 0.2) is 0 Å². The molecule has 0 aliphatic carbocycles. The van der Waals surface area contributed by atoms with Crippen LogP contribution in [0.15, 0.2) is 65.1 Å². The van der Waals surface area contributed by atoms with Gasteiger partial charge in [0, 0.05) is 50.1 Å². The average molecular weight is 603 g/mol. The van der Waals surface area contributed by atoms with Gasteiger partial charge in [-0.3, -0.25) is 19.7 Å². The Morgan fingerprint density at radius 3 is 2.58 bits per heavy atom. The number of rotatable bonds is 11. The Labute approximate surface area is 251 Å². The number of anilines is 1. The third kappa shape index (κ3) is 10.7. The lowest BCUT2D eigenvalue weighted by Crippen LogP contribution is -2.61. The first-order valence-electron chi connectivity index (χ1n) is 14.4. The highest BCUT2D eigenvalue weighted by atomic mass is 19.1. The zero-order valence-corrected chi connectivity index (χ0v) is 25.6. The number of allylic oxidation sites excluding steroid dienone is 4. The van der Waals surface area contributed by atoms with Crippen LogP contribution in [0.25, 0.3) is 0 Å². The zero-order valence-electron chi connectivity index (χ0n) is 25.6. The van der Waals surface area contributed by atoms with E-state index in [2.05, 4.69) is 15.3 Å². The summed E-state index contributed by atoms with van der Waals surface area (Å²) in [6.07, 6.45) is 3.46. The van der Waals surface area contributed by atoms with Gasteiger partial charge in [-0.1, -0.05) is 19.1 Å². The van der Waals surface area contributed by atoms with E-state index in [4.69, 9.17) is 9.47 Å². The fourth-order valence-corrected chi connectivity index (χ4v) is 4.29. The summed E-state index contributed by atoms with van der Waals surface area (Å²) in [4.78, 5) is 39.7. The number of benzene rings is 1. The summed E-state index contributed by atoms with van der Waals surface area (Å²) >= 11 is 0. The predicted molar refractivity (Wildman–Crippen MR) is 160 cm³/mol. The minimum atomic E-state index is -0.737. The molecule has 1 saturated heterocycles. The Balaban J connectivity index is 1.47. The fraction of sp³-hybridized carbons (Fsp3) is 0.484. The largest absolute Gasteiger partial charge is 0.516 e. The number of nitrogens with zero attached hydrogens (tertiary/aromatic N) is 4. The average Bonchev–Trinajstić information content (AvgIpc) is 2.94. The van der Waals surface area contributed by atoms with E-state index in [1.807, 2.05) is 27.8 Å². The van der Waals surface area contributed by atoms with Gasteiger partial charge in [0.1, 0.15) is 36.8 Å². The number of amides is 2. The molecule has 234 valence electrons. The van der Waals surface area contributed by atoms with Gasteiger partial charge in [0.2, 0.25) is 5.43 Å². The number of carbonyl (C=O) groups is 2. The van der Waals surface area contributed by atoms with Crippen molar-refractivity contribution in [2.75, 3.05) is 51.7 Å². The maximum absolute atomic E-state index is 13.7. The summed E-state index contributed by atoms with van der Waals surface area (Å²) in [6, 6.07) is 8.30. The molecule has 2 amide bonds. The molecule has 0 unspecified atom stereocenters. The van der Waals surface area contributed by atoms with Crippen molar-refractivity contribution in [1.29, 1.82) is 0 Å². The second-order valence-corrected chi connectivity index (χ2v) is 11.5. The lowest BCUT2D eigenvalue weighted by atomic mass is 10.1. The first-order chi connectivity index (χ1) is 20.3. The third-order valence-electron chi connectivity index (χ3n) is 7.40. The van der Waals surface area contributed by atoms with Gasteiger partial charge in [-0.15, -0.1) is 0 Å². The fourth-order valence-electron chi connectivity index (χ4n) is 4.29. The van der Waals surface area contributed by atoms with Crippen molar-refractivity contribution in [3.8, 4) is 0 Å². The van der Waals surface area contributed by atoms with Gasteiger partial charge < -0.3 is 9.47 Å². The number of hydrogen-bond donors (Lipinski definition) is 1. The van der Waals surface area contributed by atoms with Gasteiger partial charge in [0.05, 0.1) is 19.4 Å². The number of nitrogens with one attached hydrogen (secondary N) is 1. The first-order valence-corrected chi connectivity index (χ1v) is 14.4. The molecular formula is C31H42F2N5O5+. The van der Waals surface area contributed by atoms with Crippen LogP contribution in [-0.4, -0.2) is 83.3 Å². The predicted octanol–water partition coefficient (Wildman–Crippen LogP) is 5.20. The highest BCUT2D eigenvalue weighted by molar-refractivity contribution is 5.84. The van der Waals surface area contributed by atoms with E-state index in [9.17, 15) is 23.2 Å². The van der Waals surface area contributed by atoms with Crippen LogP contribution in [0, 0.1) is 0 Å². The van der Waals surface area contributed by atoms with Crippen LogP contribution in [0.3, 0.4) is 0 Å². The summed E-state index contributed by atoms with van der Waals surface area (Å²) in [7, 11) is 1.89. The minimum Gasteiger partial charge on any atom is -0.448 e. The smallest absolute Gasteiger partial charge is 0.448 e. The number of likely N-dealkylation sites (N-methyl/N-ethyl adjacent to an activating group) is 1. The normalized spacial score (nSPS) is 16.1. The van der Waals surface area contributed by atoms with Crippen LogP contribution in [-0.2, 0) is 22.4 Å². The summed E-state index contributed by atoms with van der Waals surface area (Å²) in [5, 5.41) is 6.97. The number of quaternary nitrogens is 1. The van der Waals surface area contributed by atoms with Crippen molar-refractivity contribution in [3.05, 3.63) is 81.8 Å². The molecule has 1 aliphatic rings. The lowest BCUT2D eigenvalue weighted by molar-refractivity contribution is -0.843. The molecule has 1 N–H and O–H groups in total. The molecule has 0 saturated carbocycles. The van der Waals surface area contributed by atoms with Gasteiger partial charge in [-0.2, -0.15) is 9.89 Å². The maximum atomic E-state index is 13.7. The van der Waals surface area contributed by atoms with Crippen LogP contribution < -0.4 is 10.7 Å². The van der Waals surface area contributed by atoms with Crippen molar-refractivity contribution in [2.45, 2.75) is 52.7 Å². The van der Waals surface area contributed by atoms with Crippen molar-refractivity contribution in [2.24, 2.45) is 0 Å². The molecule has 1 aromatic heterocycles. The van der Waals surface area contributed by atoms with E-state index >= 15 is 0 Å². The van der Waals surface area contributed by atoms with Crippen molar-refractivity contribution in [3.63, 3.8) is 0 Å². The molecule has 1 aromatic carbocycles. The van der Waals surface area contributed by atoms with Gasteiger partial charge in [-0.25, -0.2) is 18.1 Å². The molecule has 10 nitrogen and oxygen atoms in total. The number of piperazine rings is 1. The second-order valence-electron chi connectivity index (χ2n) is 11.5. The van der Waals surface area contributed by atoms with Gasteiger partial charge >= 0.3 is 12.2 Å². The standard InChI is InChI=1S/C31H41F2N5O5/c1-6-31(3,4)43-30(41)38(5)17-14-36(15-18-38)16-19-42-29(40)34-26-9-7-8-24(21-26)22-27-28(39)11-13-37(35-27)12-10-25(33)20-23(2)32/h7-11,13,20-21H,6,12,14-19,22H2,1-5H3/p+1. The quantitative estimate of drug-likeness (QED) is 0.279. The monoisotopic (exact) mass is 602 g/mol. The second kappa shape index (κ2) is 15.0. The maximum Gasteiger partial charge on any atom is 0.516 e. The molecule has 0 radical (unpaired) electrons.